The summed E-state index contributed by atoms with van der Waals surface area (Å²) in [4.78, 5) is 56.0. The molecule has 7 heterocycles. The van der Waals surface area contributed by atoms with Gasteiger partial charge in [-0.1, -0.05) is 96.9 Å². The second kappa shape index (κ2) is 58.7. The molecule has 0 aliphatic carbocycles. The molecule has 0 radical (unpaired) electrons. The predicted octanol–water partition coefficient (Wildman–Crippen LogP) is 14.8. The molecule has 392 valence electrons. The highest BCUT2D eigenvalue weighted by Gasteiger charge is 1.87. The topological polar surface area (TPSA) is 180 Å². The molecule has 7 rings (SSSR count). The molecule has 0 aliphatic rings. The summed E-state index contributed by atoms with van der Waals surface area (Å²) in [5.74, 6) is 3.33. The van der Waals surface area contributed by atoms with Crippen LogP contribution >= 0.6 is 0 Å². The van der Waals surface area contributed by atoms with E-state index >= 15 is 0 Å². The highest BCUT2D eigenvalue weighted by atomic mass is 14.9. The molecule has 7 aromatic heterocycles. The van der Waals surface area contributed by atoms with Crippen LogP contribution in [0.4, 0.5) is 0 Å². The Morgan fingerprint density at radius 3 is 0.600 bits per heavy atom. The van der Waals surface area contributed by atoms with Crippen molar-refractivity contribution in [2.75, 3.05) is 0 Å². The zero-order chi connectivity index (χ0) is 55.9. The lowest BCUT2D eigenvalue weighted by molar-refractivity contribution is 1.01. The van der Waals surface area contributed by atoms with Gasteiger partial charge in [-0.2, -0.15) is 0 Å². The first-order chi connectivity index (χ1) is 33.5. The second-order valence-corrected chi connectivity index (χ2v) is 12.5. The molecule has 0 spiro atoms. The van der Waals surface area contributed by atoms with Gasteiger partial charge in [-0.25, -0.2) is 39.9 Å². The highest BCUT2D eigenvalue weighted by Crippen LogP contribution is 1.93. The second-order valence-electron chi connectivity index (χ2n) is 12.5. The van der Waals surface area contributed by atoms with E-state index in [2.05, 4.69) is 69.8 Å². The van der Waals surface area contributed by atoms with Crippen LogP contribution < -0.4 is 0 Å². The molecule has 7 aromatic rings. The Hall–Kier alpha value is -6.44. The normalized spacial score (nSPS) is 8.00. The van der Waals surface area contributed by atoms with Gasteiger partial charge >= 0.3 is 0 Å². The van der Waals surface area contributed by atoms with Gasteiger partial charge in [0.1, 0.15) is 23.3 Å². The van der Waals surface area contributed by atoms with Crippen LogP contribution in [0.1, 0.15) is 177 Å². The lowest BCUT2D eigenvalue weighted by Gasteiger charge is -1.89. The van der Waals surface area contributed by atoms with Crippen LogP contribution in [0.2, 0.25) is 0 Å². The van der Waals surface area contributed by atoms with Gasteiger partial charge < -0.3 is 0 Å². The Labute approximate surface area is 428 Å². The number of hydrogen-bond acceptors (Lipinski definition) is 14. The first-order valence-electron chi connectivity index (χ1n) is 24.8. The summed E-state index contributed by atoms with van der Waals surface area (Å²) in [6.45, 7) is 54.9. The third-order valence-corrected chi connectivity index (χ3v) is 6.35. The predicted molar refractivity (Wildman–Crippen MR) is 300 cm³/mol. The zero-order valence-electron chi connectivity index (χ0n) is 49.3. The van der Waals surface area contributed by atoms with E-state index in [1.54, 1.807) is 49.6 Å². The third-order valence-electron chi connectivity index (χ3n) is 6.35. The minimum absolute atomic E-state index is 0.829. The van der Waals surface area contributed by atoms with Crippen LogP contribution in [0.5, 0.6) is 0 Å². The summed E-state index contributed by atoms with van der Waals surface area (Å²) in [5.41, 5.74) is 10.1. The van der Waals surface area contributed by atoms with Crippen molar-refractivity contribution in [2.24, 2.45) is 0 Å². The van der Waals surface area contributed by atoms with E-state index in [-0.39, 0.29) is 0 Å². The monoisotopic (exact) mass is 967 g/mol. The third kappa shape index (κ3) is 55.9. The maximum atomic E-state index is 4.11. The van der Waals surface area contributed by atoms with Crippen LogP contribution in [0.3, 0.4) is 0 Å². The molecule has 70 heavy (non-hydrogen) atoms. The summed E-state index contributed by atoms with van der Waals surface area (Å²) in [6.07, 6.45) is 21.3. The van der Waals surface area contributed by atoms with Crippen molar-refractivity contribution >= 4 is 0 Å². The van der Waals surface area contributed by atoms with E-state index in [1.165, 1.54) is 0 Å². The molecule has 14 heteroatoms. The van der Waals surface area contributed by atoms with Crippen molar-refractivity contribution < 1.29 is 0 Å². The van der Waals surface area contributed by atoms with Crippen LogP contribution in [-0.4, -0.2) is 69.8 Å². The standard InChI is InChI=1S/7C6H8N2.7C2H6/c2*1-5-3-8-6(2)4-7-5;1-5-3-7-4-6(2)8-5;2*1-5-3-7-6(2)8-4-5;2*1-5-3-4-7-6(2)8-5;7*1-2/h7*3-4H,1-2H3;7*1-2H3. The molecule has 0 fully saturated rings. The molecule has 14 nitrogen and oxygen atoms in total. The smallest absolute Gasteiger partial charge is 0.125 e. The van der Waals surface area contributed by atoms with Crippen molar-refractivity contribution in [1.29, 1.82) is 0 Å². The molecular weight excluding hydrogens is 869 g/mol. The van der Waals surface area contributed by atoms with E-state index in [4.69, 9.17) is 0 Å². The maximum absolute atomic E-state index is 4.11. The molecule has 0 atom stereocenters. The molecular formula is C56H98N14. The van der Waals surface area contributed by atoms with Gasteiger partial charge in [-0.15, -0.1) is 0 Å². The average molecular weight is 967 g/mol. The molecule has 0 saturated heterocycles. The zero-order valence-corrected chi connectivity index (χ0v) is 49.3. The largest absolute Gasteiger partial charge is 0.261 e. The number of hydrogen-bond donors (Lipinski definition) is 0. The van der Waals surface area contributed by atoms with Crippen LogP contribution in [0.25, 0.3) is 0 Å². The minimum atomic E-state index is 0.829. The lowest BCUT2D eigenvalue weighted by Crippen LogP contribution is -1.86. The van der Waals surface area contributed by atoms with Crippen molar-refractivity contribution in [3.05, 3.63) is 166 Å². The number of aromatic nitrogens is 14. The molecule has 0 bridgehead atoms. The molecule has 0 N–H and O–H groups in total. The van der Waals surface area contributed by atoms with E-state index in [0.29, 0.717) is 0 Å². The summed E-state index contributed by atoms with van der Waals surface area (Å²) in [6, 6.07) is 3.76. The van der Waals surface area contributed by atoms with Crippen LogP contribution in [0, 0.1) is 96.9 Å². The van der Waals surface area contributed by atoms with Crippen molar-refractivity contribution in [2.45, 2.75) is 194 Å². The van der Waals surface area contributed by atoms with Crippen molar-refractivity contribution in [3.63, 3.8) is 0 Å². The maximum Gasteiger partial charge on any atom is 0.125 e. The average Bonchev–Trinajstić information content (AvgIpc) is 3.38. The molecule has 0 aromatic carbocycles. The van der Waals surface area contributed by atoms with Gasteiger partial charge in [0.2, 0.25) is 0 Å². The number of rotatable bonds is 0. The van der Waals surface area contributed by atoms with Crippen molar-refractivity contribution in [1.82, 2.24) is 69.8 Å². The Morgan fingerprint density at radius 1 is 0.214 bits per heavy atom. The van der Waals surface area contributed by atoms with E-state index in [1.807, 2.05) is 231 Å². The van der Waals surface area contributed by atoms with Crippen LogP contribution in [-0.2, 0) is 0 Å². The first kappa shape index (κ1) is 77.8. The van der Waals surface area contributed by atoms with E-state index < -0.39 is 0 Å². The minimum Gasteiger partial charge on any atom is -0.261 e. The van der Waals surface area contributed by atoms with Gasteiger partial charge in [0, 0.05) is 85.7 Å². The fourth-order valence-electron chi connectivity index (χ4n) is 3.57. The summed E-state index contributed by atoms with van der Waals surface area (Å²) in [5, 5.41) is 0. The fourth-order valence-corrected chi connectivity index (χ4v) is 3.57. The first-order valence-corrected chi connectivity index (χ1v) is 24.8. The summed E-state index contributed by atoms with van der Waals surface area (Å²) < 4.78 is 0. The fraction of sp³-hybridized carbons (Fsp3) is 0.500. The van der Waals surface area contributed by atoms with Crippen molar-refractivity contribution in [3.8, 4) is 0 Å². The Morgan fingerprint density at radius 2 is 0.457 bits per heavy atom. The Bertz CT molecular complexity index is 1660. The highest BCUT2D eigenvalue weighted by molar-refractivity contribution is 5.03. The van der Waals surface area contributed by atoms with Gasteiger partial charge in [-0.3, -0.25) is 29.9 Å². The lowest BCUT2D eigenvalue weighted by atomic mass is 10.4. The van der Waals surface area contributed by atoms with E-state index in [0.717, 1.165) is 80.0 Å². The molecule has 0 amide bonds. The molecule has 0 aliphatic heterocycles. The number of nitrogens with zero attached hydrogens (tertiary/aromatic N) is 14. The van der Waals surface area contributed by atoms with E-state index in [9.17, 15) is 0 Å². The quantitative estimate of drug-likeness (QED) is 0.140. The molecule has 0 unspecified atom stereocenters. The molecule has 0 saturated carbocycles. The van der Waals surface area contributed by atoms with Gasteiger partial charge in [0.05, 0.1) is 34.2 Å². The summed E-state index contributed by atoms with van der Waals surface area (Å²) in [7, 11) is 0. The van der Waals surface area contributed by atoms with Gasteiger partial charge in [-0.05, 0) is 120 Å². The Kier molecular flexibility index (Phi) is 65.2. The van der Waals surface area contributed by atoms with Gasteiger partial charge in [0.15, 0.2) is 0 Å². The Balaban J connectivity index is -0.000000127. The SMILES string of the molecule is CC.CC.CC.CC.CC.CC.CC.Cc1ccnc(C)n1.Cc1ccnc(C)n1.Cc1cnc(C)cn1.Cc1cnc(C)cn1.Cc1cnc(C)nc1.Cc1cnc(C)nc1.Cc1cncc(C)n1. The van der Waals surface area contributed by atoms with Gasteiger partial charge in [0.25, 0.3) is 0 Å². The summed E-state index contributed by atoms with van der Waals surface area (Å²) >= 11 is 0. The van der Waals surface area contributed by atoms with Crippen LogP contribution in [0.15, 0.2) is 86.5 Å². The number of aryl methyl sites for hydroxylation is 14.